The number of rotatable bonds is 5. The Morgan fingerprint density at radius 2 is 1.91 bits per heavy atom. The molecule has 35 heavy (non-hydrogen) atoms. The maximum Gasteiger partial charge on any atom is 0.278 e. The number of aromatic nitrogens is 5. The number of pyridine rings is 1. The summed E-state index contributed by atoms with van der Waals surface area (Å²) in [5.74, 6) is 0.443. The maximum atomic E-state index is 13.2. The van der Waals surface area contributed by atoms with Crippen LogP contribution in [0.25, 0.3) is 16.7 Å². The maximum absolute atomic E-state index is 13.2. The van der Waals surface area contributed by atoms with Crippen LogP contribution in [-0.4, -0.2) is 37.4 Å². The third-order valence-corrected chi connectivity index (χ3v) is 6.34. The van der Waals surface area contributed by atoms with E-state index in [0.29, 0.717) is 23.5 Å². The monoisotopic (exact) mass is 469 g/mol. The van der Waals surface area contributed by atoms with Gasteiger partial charge in [-0.15, -0.1) is 6.58 Å². The molecule has 0 bridgehead atoms. The molecule has 0 amide bonds. The summed E-state index contributed by atoms with van der Waals surface area (Å²) >= 11 is 0. The number of fused-ring (bicyclic) bond motifs is 2. The molecule has 0 saturated carbocycles. The van der Waals surface area contributed by atoms with Gasteiger partial charge in [0.1, 0.15) is 5.39 Å². The number of nitrogens with zero attached hydrogens (tertiary/aromatic N) is 5. The fourth-order valence-corrected chi connectivity index (χ4v) is 4.48. The predicted molar refractivity (Wildman–Crippen MR) is 140 cm³/mol. The van der Waals surface area contributed by atoms with E-state index in [1.807, 2.05) is 16.8 Å². The van der Waals surface area contributed by atoms with Crippen molar-refractivity contribution in [3.05, 3.63) is 82.6 Å². The summed E-state index contributed by atoms with van der Waals surface area (Å²) < 4.78 is 3.47. The molecule has 0 aliphatic carbocycles. The van der Waals surface area contributed by atoms with E-state index in [1.54, 1.807) is 23.2 Å². The van der Waals surface area contributed by atoms with Crippen LogP contribution in [0.2, 0.25) is 0 Å². The minimum atomic E-state index is -0.155. The Bertz CT molecular complexity index is 1460. The zero-order valence-corrected chi connectivity index (χ0v) is 20.5. The summed E-state index contributed by atoms with van der Waals surface area (Å²) in [6.45, 7) is 12.5. The second kappa shape index (κ2) is 9.11. The zero-order chi connectivity index (χ0) is 24.6. The van der Waals surface area contributed by atoms with Gasteiger partial charge in [-0.3, -0.25) is 9.78 Å². The minimum Gasteiger partial charge on any atom is -0.324 e. The van der Waals surface area contributed by atoms with Gasteiger partial charge in [-0.2, -0.15) is 4.98 Å². The van der Waals surface area contributed by atoms with Gasteiger partial charge in [0.2, 0.25) is 5.95 Å². The van der Waals surface area contributed by atoms with E-state index >= 15 is 0 Å². The summed E-state index contributed by atoms with van der Waals surface area (Å²) in [7, 11) is 0. The fourth-order valence-electron chi connectivity index (χ4n) is 4.48. The number of allylic oxidation sites excluding steroid dienone is 1. The summed E-state index contributed by atoms with van der Waals surface area (Å²) in [4.78, 5) is 27.0. The number of anilines is 2. The van der Waals surface area contributed by atoms with Crippen molar-refractivity contribution in [3.63, 3.8) is 0 Å². The van der Waals surface area contributed by atoms with E-state index in [2.05, 4.69) is 66.2 Å². The Morgan fingerprint density at radius 1 is 1.11 bits per heavy atom. The van der Waals surface area contributed by atoms with Gasteiger partial charge in [0.25, 0.3) is 5.56 Å². The topological polar surface area (TPSA) is 89.7 Å². The van der Waals surface area contributed by atoms with Gasteiger partial charge in [0, 0.05) is 29.2 Å². The van der Waals surface area contributed by atoms with Gasteiger partial charge in [-0.05, 0) is 61.3 Å². The standard InChI is InChI=1S/C27H31N7O/c1-5-14-33-25(35)22-17-30-26(31-20-7-6-18-8-11-28-12-9-19(18)15-20)32-24(22)34(33)21-10-13-29-23(16-21)27(2,3)4/h5-7,10,13,15-17,28H,1,8-9,11-12,14H2,2-4H3,(H,30,31,32). The van der Waals surface area contributed by atoms with E-state index in [9.17, 15) is 4.79 Å². The smallest absolute Gasteiger partial charge is 0.278 e. The fraction of sp³-hybridized carbons (Fsp3) is 0.333. The van der Waals surface area contributed by atoms with Gasteiger partial charge >= 0.3 is 0 Å². The lowest BCUT2D eigenvalue weighted by atomic mass is 9.91. The van der Waals surface area contributed by atoms with Crippen molar-refractivity contribution in [3.8, 4) is 5.69 Å². The molecular formula is C27H31N7O. The molecule has 1 aromatic carbocycles. The highest BCUT2D eigenvalue weighted by molar-refractivity contribution is 5.77. The summed E-state index contributed by atoms with van der Waals surface area (Å²) in [5.41, 5.74) is 5.65. The average Bonchev–Trinajstić information content (AvgIpc) is 2.97. The van der Waals surface area contributed by atoms with Gasteiger partial charge in [-0.25, -0.2) is 14.3 Å². The molecule has 0 fully saturated rings. The van der Waals surface area contributed by atoms with Crippen LogP contribution >= 0.6 is 0 Å². The van der Waals surface area contributed by atoms with Gasteiger partial charge in [0.05, 0.1) is 12.2 Å². The molecule has 8 heteroatoms. The quantitative estimate of drug-likeness (QED) is 0.431. The lowest BCUT2D eigenvalue weighted by molar-refractivity contribution is 0.563. The van der Waals surface area contributed by atoms with E-state index in [4.69, 9.17) is 4.98 Å². The molecule has 3 aromatic heterocycles. The highest BCUT2D eigenvalue weighted by Crippen LogP contribution is 2.25. The number of hydrogen-bond donors (Lipinski definition) is 2. The van der Waals surface area contributed by atoms with E-state index in [1.165, 1.54) is 11.1 Å². The average molecular weight is 470 g/mol. The number of nitrogens with one attached hydrogen (secondary N) is 2. The molecule has 0 saturated heterocycles. The Kier molecular flexibility index (Phi) is 5.98. The van der Waals surface area contributed by atoms with Crippen LogP contribution in [0.3, 0.4) is 0 Å². The summed E-state index contributed by atoms with van der Waals surface area (Å²) in [6, 6.07) is 10.3. The summed E-state index contributed by atoms with van der Waals surface area (Å²) in [6.07, 6.45) is 7.11. The second-order valence-electron chi connectivity index (χ2n) is 9.93. The van der Waals surface area contributed by atoms with Gasteiger partial charge in [0.15, 0.2) is 5.65 Å². The van der Waals surface area contributed by atoms with Crippen LogP contribution in [-0.2, 0) is 24.8 Å². The molecule has 4 heterocycles. The molecule has 0 atom stereocenters. The Morgan fingerprint density at radius 3 is 2.69 bits per heavy atom. The first-order valence-electron chi connectivity index (χ1n) is 12.0. The van der Waals surface area contributed by atoms with Crippen LogP contribution < -0.4 is 16.2 Å². The molecule has 0 spiro atoms. The highest BCUT2D eigenvalue weighted by atomic mass is 16.1. The van der Waals surface area contributed by atoms with Crippen molar-refractivity contribution in [2.24, 2.45) is 0 Å². The van der Waals surface area contributed by atoms with Crippen LogP contribution in [0.5, 0.6) is 0 Å². The van der Waals surface area contributed by atoms with Crippen LogP contribution in [0.4, 0.5) is 11.6 Å². The van der Waals surface area contributed by atoms with Crippen LogP contribution in [0.15, 0.2) is 60.2 Å². The first-order chi connectivity index (χ1) is 16.8. The first-order valence-corrected chi connectivity index (χ1v) is 12.0. The van der Waals surface area contributed by atoms with Crippen molar-refractivity contribution in [2.75, 3.05) is 18.4 Å². The van der Waals surface area contributed by atoms with Crippen molar-refractivity contribution < 1.29 is 0 Å². The molecule has 180 valence electrons. The van der Waals surface area contributed by atoms with Crippen molar-refractivity contribution in [1.82, 2.24) is 29.6 Å². The van der Waals surface area contributed by atoms with E-state index in [-0.39, 0.29) is 11.0 Å². The van der Waals surface area contributed by atoms with E-state index in [0.717, 1.165) is 43.0 Å². The molecule has 0 radical (unpaired) electrons. The Labute approximate surface area is 204 Å². The number of hydrogen-bond acceptors (Lipinski definition) is 6. The molecule has 4 aromatic rings. The third-order valence-electron chi connectivity index (χ3n) is 6.34. The Balaban J connectivity index is 1.60. The second-order valence-corrected chi connectivity index (χ2v) is 9.93. The number of benzene rings is 1. The zero-order valence-electron chi connectivity index (χ0n) is 20.5. The Hall–Kier alpha value is -3.78. The SMILES string of the molecule is C=CCn1c(=O)c2cnc(Nc3ccc4c(c3)CCNCC4)nc2n1-c1ccnc(C(C)(C)C)c1. The highest BCUT2D eigenvalue weighted by Gasteiger charge is 2.20. The lowest BCUT2D eigenvalue weighted by Crippen LogP contribution is -2.22. The minimum absolute atomic E-state index is 0.134. The third kappa shape index (κ3) is 4.49. The molecular weight excluding hydrogens is 438 g/mol. The molecule has 5 rings (SSSR count). The molecule has 2 N–H and O–H groups in total. The molecule has 1 aliphatic heterocycles. The van der Waals surface area contributed by atoms with Gasteiger partial charge in [-0.1, -0.05) is 32.9 Å². The van der Waals surface area contributed by atoms with Crippen LogP contribution in [0.1, 0.15) is 37.6 Å². The predicted octanol–water partition coefficient (Wildman–Crippen LogP) is 3.89. The molecule has 0 unspecified atom stereocenters. The van der Waals surface area contributed by atoms with Crippen molar-refractivity contribution >= 4 is 22.7 Å². The van der Waals surface area contributed by atoms with Crippen LogP contribution in [0, 0.1) is 0 Å². The first kappa shape index (κ1) is 23.0. The van der Waals surface area contributed by atoms with E-state index < -0.39 is 0 Å². The van der Waals surface area contributed by atoms with Crippen molar-refractivity contribution in [1.29, 1.82) is 0 Å². The largest absolute Gasteiger partial charge is 0.324 e. The lowest BCUT2D eigenvalue weighted by Gasteiger charge is -2.19. The van der Waals surface area contributed by atoms with Crippen molar-refractivity contribution in [2.45, 2.75) is 45.6 Å². The summed E-state index contributed by atoms with van der Waals surface area (Å²) in [5, 5.41) is 7.24. The molecule has 1 aliphatic rings. The normalized spacial score (nSPS) is 13.9. The van der Waals surface area contributed by atoms with Gasteiger partial charge < -0.3 is 10.6 Å². The molecule has 8 nitrogen and oxygen atoms in total.